The number of aromatic nitrogens is 1. The van der Waals surface area contributed by atoms with E-state index in [2.05, 4.69) is 9.88 Å². The van der Waals surface area contributed by atoms with Crippen LogP contribution in [0.1, 0.15) is 16.1 Å². The van der Waals surface area contributed by atoms with E-state index in [9.17, 15) is 4.79 Å². The molecule has 2 heterocycles. The predicted octanol–water partition coefficient (Wildman–Crippen LogP) is 3.94. The molecule has 0 bridgehead atoms. The Morgan fingerprint density at radius 2 is 1.88 bits per heavy atom. The van der Waals surface area contributed by atoms with Crippen molar-refractivity contribution in [1.82, 2.24) is 9.88 Å². The number of ether oxygens (including phenoxy) is 2. The fourth-order valence-corrected chi connectivity index (χ4v) is 4.56. The van der Waals surface area contributed by atoms with Crippen molar-refractivity contribution in [3.63, 3.8) is 0 Å². The molecule has 1 aliphatic heterocycles. The minimum absolute atomic E-state index is 0.109. The number of rotatable bonds is 7. The summed E-state index contributed by atoms with van der Waals surface area (Å²) >= 11 is 0. The molecule has 1 N–H and O–H groups in total. The highest BCUT2D eigenvalue weighted by Gasteiger charge is 2.29. The second-order valence-electron chi connectivity index (χ2n) is 8.67. The number of H-pyrrole nitrogens is 1. The molecule has 0 spiro atoms. The normalized spacial score (nSPS) is 13.0. The fourth-order valence-electron chi connectivity index (χ4n) is 4.56. The number of nitrogens with one attached hydrogen (secondary N) is 1. The molecule has 172 valence electrons. The molecule has 0 unspecified atom stereocenters. The topological polar surface area (TPSA) is 67.0 Å². The number of likely N-dealkylation sites (N-methyl/N-ethyl adjacent to an activating group) is 1. The maximum absolute atomic E-state index is 13.6. The molecule has 7 nitrogen and oxygen atoms in total. The maximum Gasteiger partial charge on any atom is 0.374 e. The summed E-state index contributed by atoms with van der Waals surface area (Å²) in [6.07, 6.45) is 0.768. The smallest absolute Gasteiger partial charge is 0.374 e. The number of benzene rings is 3. The van der Waals surface area contributed by atoms with Crippen LogP contribution in [-0.2, 0) is 6.42 Å². The molecule has 0 fully saturated rings. The van der Waals surface area contributed by atoms with Gasteiger partial charge in [0, 0.05) is 41.5 Å². The molecule has 0 saturated heterocycles. The van der Waals surface area contributed by atoms with Gasteiger partial charge in [0.15, 0.2) is 11.5 Å². The molecule has 1 aromatic heterocycles. The summed E-state index contributed by atoms with van der Waals surface area (Å²) in [5, 5.41) is 2.88. The summed E-state index contributed by atoms with van der Waals surface area (Å²) in [5.74, 6) is 1.71. The number of hydrogen-bond donors (Lipinski definition) is 1. The lowest BCUT2D eigenvalue weighted by Crippen LogP contribution is -2.29. The Morgan fingerprint density at radius 1 is 1.09 bits per heavy atom. The highest BCUT2D eigenvalue weighted by molar-refractivity contribution is 6.11. The standard InChI is InChI=1S/C26H26BN3O4/c1-29(2)10-11-33-25-13-16-12-21(28-20(16)14-24(25)32-3)26(31)30-9-8-18-17-6-4-5-7-19(17)23(34-27)15-22(18)30/h4-7,12-15,28H,8-11H2,1-3H3. The third kappa shape index (κ3) is 3.84. The third-order valence-electron chi connectivity index (χ3n) is 6.27. The average Bonchev–Trinajstić information content (AvgIpc) is 3.46. The first-order valence-corrected chi connectivity index (χ1v) is 11.2. The lowest BCUT2D eigenvalue weighted by atomic mass is 10.0. The highest BCUT2D eigenvalue weighted by Crippen LogP contribution is 2.41. The zero-order valence-electron chi connectivity index (χ0n) is 19.6. The Morgan fingerprint density at radius 3 is 2.62 bits per heavy atom. The summed E-state index contributed by atoms with van der Waals surface area (Å²) < 4.78 is 16.6. The van der Waals surface area contributed by atoms with Gasteiger partial charge < -0.3 is 28.9 Å². The van der Waals surface area contributed by atoms with E-state index in [1.807, 2.05) is 62.6 Å². The quantitative estimate of drug-likeness (QED) is 0.428. The van der Waals surface area contributed by atoms with Gasteiger partial charge in [-0.2, -0.15) is 0 Å². The van der Waals surface area contributed by atoms with E-state index in [0.29, 0.717) is 36.1 Å². The first-order chi connectivity index (χ1) is 16.5. The number of hydrogen-bond acceptors (Lipinski definition) is 5. The van der Waals surface area contributed by atoms with Crippen molar-refractivity contribution in [2.45, 2.75) is 6.42 Å². The van der Waals surface area contributed by atoms with Gasteiger partial charge in [0.25, 0.3) is 5.91 Å². The molecule has 34 heavy (non-hydrogen) atoms. The second kappa shape index (κ2) is 8.95. The number of carbonyl (C=O) groups is 1. The van der Waals surface area contributed by atoms with E-state index >= 15 is 0 Å². The zero-order chi connectivity index (χ0) is 23.8. The van der Waals surface area contributed by atoms with Crippen LogP contribution in [0.25, 0.3) is 21.7 Å². The molecule has 1 amide bonds. The summed E-state index contributed by atoms with van der Waals surface area (Å²) in [6.45, 7) is 1.91. The predicted molar refractivity (Wildman–Crippen MR) is 135 cm³/mol. The van der Waals surface area contributed by atoms with Crippen LogP contribution in [-0.4, -0.2) is 64.7 Å². The molecule has 5 rings (SSSR count). The number of aromatic amines is 1. The first-order valence-electron chi connectivity index (χ1n) is 11.2. The van der Waals surface area contributed by atoms with E-state index in [1.165, 1.54) is 0 Å². The van der Waals surface area contributed by atoms with Crippen molar-refractivity contribution in [3.05, 3.63) is 59.8 Å². The van der Waals surface area contributed by atoms with Crippen LogP contribution in [0.15, 0.2) is 48.5 Å². The van der Waals surface area contributed by atoms with Crippen molar-refractivity contribution < 1.29 is 18.9 Å². The molecule has 0 saturated carbocycles. The third-order valence-corrected chi connectivity index (χ3v) is 6.27. The maximum atomic E-state index is 13.6. The van der Waals surface area contributed by atoms with Crippen LogP contribution in [0, 0.1) is 0 Å². The molecule has 2 radical (unpaired) electrons. The number of anilines is 1. The lowest BCUT2D eigenvalue weighted by molar-refractivity contribution is 0.0985. The molecule has 4 aromatic rings. The van der Waals surface area contributed by atoms with Crippen molar-refractivity contribution >= 4 is 41.3 Å². The van der Waals surface area contributed by atoms with Crippen molar-refractivity contribution in [2.24, 2.45) is 0 Å². The minimum atomic E-state index is -0.109. The van der Waals surface area contributed by atoms with E-state index in [-0.39, 0.29) is 5.91 Å². The van der Waals surface area contributed by atoms with Crippen LogP contribution in [0.2, 0.25) is 0 Å². The van der Waals surface area contributed by atoms with Gasteiger partial charge in [-0.05, 0) is 43.6 Å². The summed E-state index contributed by atoms with van der Waals surface area (Å²) in [4.78, 5) is 20.6. The highest BCUT2D eigenvalue weighted by atomic mass is 16.5. The number of methoxy groups -OCH3 is 1. The summed E-state index contributed by atoms with van der Waals surface area (Å²) in [5.41, 5.74) is 3.26. The van der Waals surface area contributed by atoms with Crippen molar-refractivity contribution in [3.8, 4) is 17.2 Å². The van der Waals surface area contributed by atoms with Crippen LogP contribution in [0.5, 0.6) is 17.2 Å². The van der Waals surface area contributed by atoms with E-state index in [4.69, 9.17) is 22.2 Å². The molecular formula is C26H26BN3O4. The minimum Gasteiger partial charge on any atom is -0.567 e. The number of fused-ring (bicyclic) bond motifs is 4. The monoisotopic (exact) mass is 455 g/mol. The van der Waals surface area contributed by atoms with Crippen LogP contribution in [0.3, 0.4) is 0 Å². The van der Waals surface area contributed by atoms with Gasteiger partial charge >= 0.3 is 8.05 Å². The van der Waals surface area contributed by atoms with Gasteiger partial charge in [0.05, 0.1) is 12.8 Å². The van der Waals surface area contributed by atoms with Crippen molar-refractivity contribution in [1.29, 1.82) is 0 Å². The lowest BCUT2D eigenvalue weighted by Gasteiger charge is -2.18. The van der Waals surface area contributed by atoms with Gasteiger partial charge in [-0.3, -0.25) is 4.79 Å². The number of amides is 1. The number of nitrogens with zero attached hydrogens (tertiary/aromatic N) is 2. The Balaban J connectivity index is 1.48. The molecule has 3 aromatic carbocycles. The van der Waals surface area contributed by atoms with Gasteiger partial charge in [0.2, 0.25) is 0 Å². The second-order valence-corrected chi connectivity index (χ2v) is 8.67. The first kappa shape index (κ1) is 22.2. The van der Waals surface area contributed by atoms with Gasteiger partial charge in [-0.25, -0.2) is 0 Å². The molecule has 1 aliphatic rings. The van der Waals surface area contributed by atoms with E-state index in [0.717, 1.165) is 45.9 Å². The Bertz CT molecular complexity index is 1380. The van der Waals surface area contributed by atoms with E-state index in [1.54, 1.807) is 12.0 Å². The Hall–Kier alpha value is -3.65. The van der Waals surface area contributed by atoms with Gasteiger partial charge in [0.1, 0.15) is 18.1 Å². The van der Waals surface area contributed by atoms with Crippen LogP contribution < -0.4 is 19.0 Å². The van der Waals surface area contributed by atoms with Gasteiger partial charge in [-0.15, -0.1) is 0 Å². The number of carbonyl (C=O) groups excluding carboxylic acids is 1. The Labute approximate surface area is 199 Å². The molecule has 0 atom stereocenters. The summed E-state index contributed by atoms with van der Waals surface area (Å²) in [6, 6.07) is 15.4. The molecule has 0 aliphatic carbocycles. The zero-order valence-corrected chi connectivity index (χ0v) is 19.6. The van der Waals surface area contributed by atoms with Crippen LogP contribution >= 0.6 is 0 Å². The van der Waals surface area contributed by atoms with Crippen LogP contribution in [0.4, 0.5) is 5.69 Å². The van der Waals surface area contributed by atoms with Crippen molar-refractivity contribution in [2.75, 3.05) is 45.8 Å². The largest absolute Gasteiger partial charge is 0.567 e. The summed E-state index contributed by atoms with van der Waals surface area (Å²) in [7, 11) is 11.2. The SMILES string of the molecule is [B]Oc1cc2c(c3ccccc13)CCN2C(=O)c1cc2cc(OCCN(C)C)c(OC)cc2[nH]1. The van der Waals surface area contributed by atoms with Gasteiger partial charge in [-0.1, -0.05) is 24.3 Å². The molecular weight excluding hydrogens is 429 g/mol. The fraction of sp³-hybridized carbons (Fsp3) is 0.269. The average molecular weight is 455 g/mol. The molecule has 8 heteroatoms. The van der Waals surface area contributed by atoms with E-state index < -0.39 is 0 Å². The Kier molecular flexibility index (Phi) is 5.83.